The monoisotopic (exact) mass is 140 g/mol. The van der Waals surface area contributed by atoms with Crippen LogP contribution in [0.5, 0.6) is 0 Å². The summed E-state index contributed by atoms with van der Waals surface area (Å²) in [6, 6.07) is 0. The molecular formula is C5H8N4O. The van der Waals surface area contributed by atoms with E-state index in [1.807, 2.05) is 0 Å². The standard InChI is InChI=1S/C5H8N4O/c1-2-8-3(5(7)10)4(6)9-2/h6H2,1H3,(H2,7,10)(H,8,9). The van der Waals surface area contributed by atoms with E-state index in [0.29, 0.717) is 5.82 Å². The molecule has 1 rings (SSSR count). The second-order valence-electron chi connectivity index (χ2n) is 1.95. The molecule has 0 fully saturated rings. The number of aryl methyl sites for hydroxylation is 1. The first-order valence-corrected chi connectivity index (χ1v) is 2.73. The van der Waals surface area contributed by atoms with Crippen molar-refractivity contribution in [1.29, 1.82) is 0 Å². The van der Waals surface area contributed by atoms with Crippen LogP contribution in [0.15, 0.2) is 0 Å². The normalized spacial score (nSPS) is 9.70. The molecular weight excluding hydrogens is 132 g/mol. The summed E-state index contributed by atoms with van der Waals surface area (Å²) in [5.74, 6) is 0.161. The van der Waals surface area contributed by atoms with E-state index in [9.17, 15) is 4.79 Å². The van der Waals surface area contributed by atoms with Crippen LogP contribution in [0, 0.1) is 6.92 Å². The molecule has 1 aromatic rings. The van der Waals surface area contributed by atoms with Gasteiger partial charge in [-0.1, -0.05) is 0 Å². The van der Waals surface area contributed by atoms with Crippen LogP contribution in [0.1, 0.15) is 16.3 Å². The van der Waals surface area contributed by atoms with E-state index >= 15 is 0 Å². The lowest BCUT2D eigenvalue weighted by molar-refractivity contribution is 0.0997. The van der Waals surface area contributed by atoms with Crippen molar-refractivity contribution in [3.05, 3.63) is 11.5 Å². The summed E-state index contributed by atoms with van der Waals surface area (Å²) in [7, 11) is 0. The van der Waals surface area contributed by atoms with Gasteiger partial charge in [0.05, 0.1) is 0 Å². The number of H-pyrrole nitrogens is 1. The van der Waals surface area contributed by atoms with Crippen LogP contribution < -0.4 is 11.5 Å². The van der Waals surface area contributed by atoms with Gasteiger partial charge in [0.1, 0.15) is 11.5 Å². The molecule has 0 unspecified atom stereocenters. The van der Waals surface area contributed by atoms with Crippen molar-refractivity contribution in [2.24, 2.45) is 5.73 Å². The van der Waals surface area contributed by atoms with Crippen LogP contribution in [0.4, 0.5) is 5.82 Å². The first kappa shape index (κ1) is 6.60. The second kappa shape index (κ2) is 2.02. The van der Waals surface area contributed by atoms with E-state index in [4.69, 9.17) is 11.5 Å². The van der Waals surface area contributed by atoms with Gasteiger partial charge in [0.2, 0.25) is 0 Å². The lowest BCUT2D eigenvalue weighted by Gasteiger charge is -1.87. The van der Waals surface area contributed by atoms with Crippen molar-refractivity contribution in [2.45, 2.75) is 6.92 Å². The Bertz CT molecular complexity index is 265. The Labute approximate surface area is 57.4 Å². The SMILES string of the molecule is Cc1nc(N)c(C(N)=O)[nH]1. The number of carbonyl (C=O) groups is 1. The fourth-order valence-corrected chi connectivity index (χ4v) is 0.697. The number of imidazole rings is 1. The first-order valence-electron chi connectivity index (χ1n) is 2.73. The quantitative estimate of drug-likeness (QED) is 0.485. The number of aromatic amines is 1. The van der Waals surface area contributed by atoms with Crippen LogP contribution >= 0.6 is 0 Å². The number of primary amides is 1. The van der Waals surface area contributed by atoms with E-state index in [-0.39, 0.29) is 11.5 Å². The van der Waals surface area contributed by atoms with E-state index in [0.717, 1.165) is 0 Å². The number of nitrogen functional groups attached to an aromatic ring is 1. The molecule has 0 bridgehead atoms. The third-order valence-electron chi connectivity index (χ3n) is 1.10. The number of amides is 1. The number of nitrogens with one attached hydrogen (secondary N) is 1. The van der Waals surface area contributed by atoms with Gasteiger partial charge < -0.3 is 16.5 Å². The molecule has 54 valence electrons. The zero-order valence-electron chi connectivity index (χ0n) is 5.51. The van der Waals surface area contributed by atoms with Crippen molar-refractivity contribution in [2.75, 3.05) is 5.73 Å². The lowest BCUT2D eigenvalue weighted by atomic mass is 10.4. The maximum absolute atomic E-state index is 10.5. The van der Waals surface area contributed by atoms with Gasteiger partial charge in [-0.25, -0.2) is 4.98 Å². The van der Waals surface area contributed by atoms with Gasteiger partial charge in [-0.2, -0.15) is 0 Å². The van der Waals surface area contributed by atoms with Crippen molar-refractivity contribution in [3.63, 3.8) is 0 Å². The Kier molecular flexibility index (Phi) is 1.33. The fourth-order valence-electron chi connectivity index (χ4n) is 0.697. The van der Waals surface area contributed by atoms with Crippen LogP contribution in [-0.2, 0) is 0 Å². The summed E-state index contributed by atoms with van der Waals surface area (Å²) in [6.45, 7) is 1.70. The minimum Gasteiger partial charge on any atom is -0.382 e. The zero-order chi connectivity index (χ0) is 7.72. The van der Waals surface area contributed by atoms with E-state index in [1.54, 1.807) is 6.92 Å². The van der Waals surface area contributed by atoms with Gasteiger partial charge in [-0.15, -0.1) is 0 Å². The predicted octanol–water partition coefficient (Wildman–Crippen LogP) is -0.601. The summed E-state index contributed by atoms with van der Waals surface area (Å²) in [5.41, 5.74) is 10.4. The molecule has 10 heavy (non-hydrogen) atoms. The van der Waals surface area contributed by atoms with E-state index < -0.39 is 5.91 Å². The number of rotatable bonds is 1. The number of nitrogens with two attached hydrogens (primary N) is 2. The zero-order valence-corrected chi connectivity index (χ0v) is 5.51. The highest BCUT2D eigenvalue weighted by Crippen LogP contribution is 2.05. The largest absolute Gasteiger partial charge is 0.382 e. The van der Waals surface area contributed by atoms with Gasteiger partial charge >= 0.3 is 0 Å². The van der Waals surface area contributed by atoms with Gasteiger partial charge in [-0.05, 0) is 6.92 Å². The van der Waals surface area contributed by atoms with E-state index in [2.05, 4.69) is 9.97 Å². The summed E-state index contributed by atoms with van der Waals surface area (Å²) in [5, 5.41) is 0. The van der Waals surface area contributed by atoms with Crippen LogP contribution in [0.2, 0.25) is 0 Å². The van der Waals surface area contributed by atoms with Crippen LogP contribution in [-0.4, -0.2) is 15.9 Å². The minimum absolute atomic E-state index is 0.157. The first-order chi connectivity index (χ1) is 4.61. The minimum atomic E-state index is -0.585. The summed E-state index contributed by atoms with van der Waals surface area (Å²) < 4.78 is 0. The van der Waals surface area contributed by atoms with Gasteiger partial charge in [-0.3, -0.25) is 4.79 Å². The fraction of sp³-hybridized carbons (Fsp3) is 0.200. The van der Waals surface area contributed by atoms with Crippen LogP contribution in [0.25, 0.3) is 0 Å². The average Bonchev–Trinajstić information content (AvgIpc) is 2.10. The summed E-state index contributed by atoms with van der Waals surface area (Å²) in [6.07, 6.45) is 0. The highest BCUT2D eigenvalue weighted by atomic mass is 16.1. The third kappa shape index (κ3) is 0.928. The molecule has 0 saturated carbocycles. The molecule has 5 N–H and O–H groups in total. The van der Waals surface area contributed by atoms with Crippen LogP contribution in [0.3, 0.4) is 0 Å². The molecule has 0 aliphatic carbocycles. The molecule has 0 radical (unpaired) electrons. The van der Waals surface area contributed by atoms with Crippen molar-refractivity contribution in [1.82, 2.24) is 9.97 Å². The summed E-state index contributed by atoms with van der Waals surface area (Å²) >= 11 is 0. The molecule has 0 aliphatic heterocycles. The molecule has 0 aromatic carbocycles. The number of aromatic nitrogens is 2. The number of hydrogen-bond acceptors (Lipinski definition) is 3. The number of carbonyl (C=O) groups excluding carboxylic acids is 1. The van der Waals surface area contributed by atoms with Crippen molar-refractivity contribution >= 4 is 11.7 Å². The maximum atomic E-state index is 10.5. The Hall–Kier alpha value is -1.52. The smallest absolute Gasteiger partial charge is 0.269 e. The lowest BCUT2D eigenvalue weighted by Crippen LogP contribution is -2.13. The number of anilines is 1. The Morgan fingerprint density at radius 2 is 2.30 bits per heavy atom. The molecule has 0 spiro atoms. The molecule has 5 heteroatoms. The molecule has 0 saturated heterocycles. The molecule has 0 aliphatic rings. The van der Waals surface area contributed by atoms with Gasteiger partial charge in [0.25, 0.3) is 5.91 Å². The van der Waals surface area contributed by atoms with Crippen molar-refractivity contribution < 1.29 is 4.79 Å². The number of nitrogens with zero attached hydrogens (tertiary/aromatic N) is 1. The summed E-state index contributed by atoms with van der Waals surface area (Å²) in [4.78, 5) is 16.9. The number of hydrogen-bond donors (Lipinski definition) is 3. The Balaban J connectivity index is 3.15. The molecule has 0 atom stereocenters. The molecule has 1 amide bonds. The van der Waals surface area contributed by atoms with E-state index in [1.165, 1.54) is 0 Å². The highest BCUT2D eigenvalue weighted by molar-refractivity contribution is 5.95. The topological polar surface area (TPSA) is 97.8 Å². The Morgan fingerprint density at radius 1 is 1.70 bits per heavy atom. The molecule has 5 nitrogen and oxygen atoms in total. The molecule has 1 heterocycles. The van der Waals surface area contributed by atoms with Crippen molar-refractivity contribution in [3.8, 4) is 0 Å². The van der Waals surface area contributed by atoms with Gasteiger partial charge in [0.15, 0.2) is 5.82 Å². The van der Waals surface area contributed by atoms with Gasteiger partial charge in [0, 0.05) is 0 Å². The molecule has 1 aromatic heterocycles. The average molecular weight is 140 g/mol. The Morgan fingerprint density at radius 3 is 2.50 bits per heavy atom. The highest BCUT2D eigenvalue weighted by Gasteiger charge is 2.08. The third-order valence-corrected chi connectivity index (χ3v) is 1.10. The predicted molar refractivity (Wildman–Crippen MR) is 36.3 cm³/mol. The second-order valence-corrected chi connectivity index (χ2v) is 1.95. The maximum Gasteiger partial charge on any atom is 0.269 e.